The summed E-state index contributed by atoms with van der Waals surface area (Å²) in [6.45, 7) is 0. The van der Waals surface area contributed by atoms with Crippen LogP contribution in [0.15, 0.2) is 18.2 Å². The summed E-state index contributed by atoms with van der Waals surface area (Å²) in [5.74, 6) is 0. The van der Waals surface area contributed by atoms with Gasteiger partial charge >= 0.3 is 10.3 Å². The van der Waals surface area contributed by atoms with E-state index in [1.54, 1.807) is 0 Å². The number of nitrogens with zero attached hydrogens (tertiary/aromatic N) is 4. The van der Waals surface area contributed by atoms with Crippen LogP contribution in [0.1, 0.15) is 0 Å². The fraction of sp³-hybridized carbons (Fsp3) is 0.143. The van der Waals surface area contributed by atoms with Gasteiger partial charge in [0.1, 0.15) is 11.0 Å². The lowest BCUT2D eigenvalue weighted by Crippen LogP contribution is -2.25. The minimum atomic E-state index is -4.36. The number of rotatable bonds is 2. The molecule has 2 rings (SSSR count). The minimum Gasteiger partial charge on any atom is -0.410 e. The molecular formula is C7H8N4O4S. The van der Waals surface area contributed by atoms with E-state index in [0.717, 1.165) is 0 Å². The molecule has 86 valence electrons. The van der Waals surface area contributed by atoms with Crippen molar-refractivity contribution in [2.75, 3.05) is 11.4 Å². The van der Waals surface area contributed by atoms with E-state index in [-0.39, 0.29) is 16.7 Å². The van der Waals surface area contributed by atoms with Gasteiger partial charge in [-0.25, -0.2) is 4.31 Å². The fourth-order valence-corrected chi connectivity index (χ4v) is 1.69. The third-order valence-electron chi connectivity index (χ3n) is 2.12. The largest absolute Gasteiger partial charge is 0.410 e. The van der Waals surface area contributed by atoms with Gasteiger partial charge in [0.05, 0.1) is 5.69 Å². The predicted molar refractivity (Wildman–Crippen MR) is 54.7 cm³/mol. The summed E-state index contributed by atoms with van der Waals surface area (Å²) in [7, 11) is -3.20. The van der Waals surface area contributed by atoms with Gasteiger partial charge in [-0.05, 0) is 17.3 Å². The van der Waals surface area contributed by atoms with E-state index < -0.39 is 10.3 Å². The smallest absolute Gasteiger partial charge is 0.359 e. The van der Waals surface area contributed by atoms with Crippen molar-refractivity contribution < 1.29 is 18.2 Å². The van der Waals surface area contributed by atoms with Crippen molar-refractivity contribution in [3.8, 4) is 0 Å². The third kappa shape index (κ3) is 1.55. The molecule has 0 saturated carbocycles. The van der Waals surface area contributed by atoms with Gasteiger partial charge in [0.2, 0.25) is 0 Å². The third-order valence-corrected chi connectivity index (χ3v) is 3.01. The molecule has 0 spiro atoms. The van der Waals surface area contributed by atoms with Gasteiger partial charge in [-0.15, -0.1) is 5.10 Å². The van der Waals surface area contributed by atoms with E-state index in [2.05, 4.69) is 10.3 Å². The van der Waals surface area contributed by atoms with E-state index >= 15 is 0 Å². The number of aromatic nitrogens is 3. The van der Waals surface area contributed by atoms with Gasteiger partial charge in [-0.3, -0.25) is 4.55 Å². The summed E-state index contributed by atoms with van der Waals surface area (Å²) in [5, 5.41) is 16.2. The average molecular weight is 244 g/mol. The topological polar surface area (TPSA) is 109 Å². The van der Waals surface area contributed by atoms with Crippen molar-refractivity contribution in [1.29, 1.82) is 0 Å². The second-order valence-electron chi connectivity index (χ2n) is 3.07. The van der Waals surface area contributed by atoms with Crippen LogP contribution in [0.5, 0.6) is 0 Å². The molecular weight excluding hydrogens is 236 g/mol. The minimum absolute atomic E-state index is 0.125. The molecule has 8 nitrogen and oxygen atoms in total. The second kappa shape index (κ2) is 3.32. The van der Waals surface area contributed by atoms with Crippen LogP contribution >= 0.6 is 0 Å². The summed E-state index contributed by atoms with van der Waals surface area (Å²) < 4.78 is 31.4. The van der Waals surface area contributed by atoms with Crippen LogP contribution in [0.4, 0.5) is 5.69 Å². The Kier molecular flexibility index (Phi) is 2.21. The molecule has 9 heteroatoms. The van der Waals surface area contributed by atoms with Gasteiger partial charge in [0.25, 0.3) is 0 Å². The lowest BCUT2D eigenvalue weighted by atomic mass is 10.3. The lowest BCUT2D eigenvalue weighted by molar-refractivity contribution is 0.155. The van der Waals surface area contributed by atoms with Crippen molar-refractivity contribution in [1.82, 2.24) is 15.2 Å². The van der Waals surface area contributed by atoms with Gasteiger partial charge in [0, 0.05) is 7.05 Å². The van der Waals surface area contributed by atoms with E-state index in [1.807, 2.05) is 0 Å². The molecule has 1 heterocycles. The van der Waals surface area contributed by atoms with Crippen molar-refractivity contribution >= 4 is 27.0 Å². The number of hydrogen-bond donors (Lipinski definition) is 2. The molecule has 0 aliphatic carbocycles. The van der Waals surface area contributed by atoms with Crippen molar-refractivity contribution in [3.05, 3.63) is 18.2 Å². The van der Waals surface area contributed by atoms with Crippen molar-refractivity contribution in [2.45, 2.75) is 0 Å². The molecule has 0 saturated heterocycles. The Bertz CT molecular complexity index is 635. The first kappa shape index (κ1) is 10.6. The number of hydrogen-bond acceptors (Lipinski definition) is 5. The van der Waals surface area contributed by atoms with Crippen LogP contribution in [0.25, 0.3) is 11.0 Å². The summed E-state index contributed by atoms with van der Waals surface area (Å²) in [6.07, 6.45) is 0. The Balaban J connectivity index is 2.70. The fourth-order valence-electron chi connectivity index (χ4n) is 1.30. The van der Waals surface area contributed by atoms with Crippen molar-refractivity contribution in [3.63, 3.8) is 0 Å². The molecule has 1 aromatic carbocycles. The summed E-state index contributed by atoms with van der Waals surface area (Å²) in [4.78, 5) is 0.524. The van der Waals surface area contributed by atoms with Crippen LogP contribution in [-0.4, -0.2) is 40.4 Å². The molecule has 0 atom stereocenters. The Morgan fingerprint density at radius 1 is 1.44 bits per heavy atom. The normalized spacial score (nSPS) is 11.9. The van der Waals surface area contributed by atoms with Gasteiger partial charge in [-0.1, -0.05) is 10.9 Å². The average Bonchev–Trinajstić information content (AvgIpc) is 2.58. The van der Waals surface area contributed by atoms with E-state index in [4.69, 9.17) is 4.55 Å². The van der Waals surface area contributed by atoms with Crippen LogP contribution < -0.4 is 4.31 Å². The monoisotopic (exact) mass is 244 g/mol. The highest BCUT2D eigenvalue weighted by Gasteiger charge is 2.19. The molecule has 16 heavy (non-hydrogen) atoms. The summed E-state index contributed by atoms with van der Waals surface area (Å²) in [5.41, 5.74) is 0.540. The molecule has 0 unspecified atom stereocenters. The van der Waals surface area contributed by atoms with Crippen LogP contribution in [0.2, 0.25) is 0 Å². The first-order valence-corrected chi connectivity index (χ1v) is 5.56. The Hall–Kier alpha value is -1.87. The van der Waals surface area contributed by atoms with E-state index in [0.29, 0.717) is 9.15 Å². The molecule has 1 aromatic heterocycles. The SMILES string of the molecule is CN(c1cccc2c1nnn2O)S(=O)(=O)O. The number of benzene rings is 1. The maximum atomic E-state index is 10.9. The van der Waals surface area contributed by atoms with Crippen LogP contribution in [-0.2, 0) is 10.3 Å². The predicted octanol–water partition coefficient (Wildman–Crippen LogP) is -0.0924. The van der Waals surface area contributed by atoms with Gasteiger partial charge in [0.15, 0.2) is 0 Å². The standard InChI is InChI=1S/C7H8N4O4S/c1-10(16(13,14)15)5-3-2-4-6-7(5)8-9-11(6)12/h2-4,12H,1H3,(H,13,14,15). The lowest BCUT2D eigenvalue weighted by Gasteiger charge is -2.14. The van der Waals surface area contributed by atoms with E-state index in [9.17, 15) is 13.6 Å². The first-order chi connectivity index (χ1) is 7.41. The quantitative estimate of drug-likeness (QED) is 0.564. The number of fused-ring (bicyclic) bond motifs is 1. The molecule has 0 bridgehead atoms. The molecule has 0 radical (unpaired) electrons. The van der Waals surface area contributed by atoms with Gasteiger partial charge in [-0.2, -0.15) is 8.42 Å². The highest BCUT2D eigenvalue weighted by Crippen LogP contribution is 2.24. The van der Waals surface area contributed by atoms with E-state index in [1.165, 1.54) is 25.2 Å². The van der Waals surface area contributed by atoms with Crippen molar-refractivity contribution in [2.24, 2.45) is 0 Å². The molecule has 2 aromatic rings. The Morgan fingerprint density at radius 2 is 2.12 bits per heavy atom. The maximum absolute atomic E-state index is 10.9. The van der Waals surface area contributed by atoms with Crippen LogP contribution in [0, 0.1) is 0 Å². The highest BCUT2D eigenvalue weighted by atomic mass is 32.2. The molecule has 0 amide bonds. The molecule has 2 N–H and O–H groups in total. The summed E-state index contributed by atoms with van der Waals surface area (Å²) >= 11 is 0. The zero-order valence-corrected chi connectivity index (χ0v) is 8.96. The second-order valence-corrected chi connectivity index (χ2v) is 4.51. The number of anilines is 1. The first-order valence-electron chi connectivity index (χ1n) is 4.16. The molecule has 0 aliphatic rings. The van der Waals surface area contributed by atoms with Gasteiger partial charge < -0.3 is 5.21 Å². The zero-order valence-electron chi connectivity index (χ0n) is 8.14. The summed E-state index contributed by atoms with van der Waals surface area (Å²) in [6, 6.07) is 4.46. The Morgan fingerprint density at radius 3 is 2.75 bits per heavy atom. The van der Waals surface area contributed by atoms with Crippen LogP contribution in [0.3, 0.4) is 0 Å². The molecule has 0 fully saturated rings. The maximum Gasteiger partial charge on any atom is 0.359 e. The zero-order chi connectivity index (χ0) is 11.9. The molecule has 0 aliphatic heterocycles. The highest BCUT2D eigenvalue weighted by molar-refractivity contribution is 7.87. The Labute approximate surface area is 90.5 Å².